The summed E-state index contributed by atoms with van der Waals surface area (Å²) in [6, 6.07) is 15.6. The van der Waals surface area contributed by atoms with E-state index in [2.05, 4.69) is 0 Å². The number of carbonyl (C=O) groups is 1. The number of hydrogen-bond acceptors (Lipinski definition) is 3. The second kappa shape index (κ2) is 6.96. The lowest BCUT2D eigenvalue weighted by molar-refractivity contribution is -0.384. The number of benzene rings is 2. The minimum absolute atomic E-state index is 0.00410. The maximum absolute atomic E-state index is 11.7. The number of rotatable bonds is 5. The van der Waals surface area contributed by atoms with E-state index in [1.807, 2.05) is 30.3 Å². The van der Waals surface area contributed by atoms with Gasteiger partial charge in [-0.3, -0.25) is 14.9 Å². The monoisotopic (exact) mass is 279 g/mol. The molecule has 2 aromatic carbocycles. The van der Waals surface area contributed by atoms with Crippen LogP contribution in [0, 0.1) is 10.1 Å². The molecule has 104 valence electrons. The van der Waals surface area contributed by atoms with E-state index in [1.54, 1.807) is 24.3 Å². The normalized spacial score (nSPS) is 11.0. The first-order chi connectivity index (χ1) is 10.1. The average Bonchev–Trinajstić information content (AvgIpc) is 2.52. The summed E-state index contributed by atoms with van der Waals surface area (Å²) in [5, 5.41) is 10.7. The van der Waals surface area contributed by atoms with Gasteiger partial charge in [0.15, 0.2) is 5.78 Å². The first-order valence-electron chi connectivity index (χ1n) is 6.35. The molecule has 4 nitrogen and oxygen atoms in total. The highest BCUT2D eigenvalue weighted by atomic mass is 16.6. The van der Waals surface area contributed by atoms with Crippen LogP contribution in [0.4, 0.5) is 5.69 Å². The summed E-state index contributed by atoms with van der Waals surface area (Å²) in [5.74, 6) is -0.176. The van der Waals surface area contributed by atoms with Crippen molar-refractivity contribution in [3.8, 4) is 0 Å². The number of nitrogens with zero attached hydrogens (tertiary/aromatic N) is 1. The summed E-state index contributed by atoms with van der Waals surface area (Å²) < 4.78 is 0. The van der Waals surface area contributed by atoms with E-state index in [0.717, 1.165) is 5.56 Å². The van der Waals surface area contributed by atoms with Crippen molar-refractivity contribution in [1.82, 2.24) is 0 Å². The third-order valence-corrected chi connectivity index (χ3v) is 2.76. The number of carbonyl (C=O) groups excluding carboxylic acids is 1. The van der Waals surface area contributed by atoms with Crippen molar-refractivity contribution < 1.29 is 9.72 Å². The van der Waals surface area contributed by atoms with Gasteiger partial charge in [0.2, 0.25) is 0 Å². The zero-order valence-electron chi connectivity index (χ0n) is 11.2. The van der Waals surface area contributed by atoms with Gasteiger partial charge in [0, 0.05) is 12.1 Å². The maximum atomic E-state index is 11.7. The minimum atomic E-state index is -0.464. The average molecular weight is 279 g/mol. The van der Waals surface area contributed by atoms with Crippen molar-refractivity contribution in [1.29, 1.82) is 0 Å². The molecule has 0 radical (unpaired) electrons. The van der Waals surface area contributed by atoms with Crippen molar-refractivity contribution in [2.45, 2.75) is 0 Å². The molecule has 0 aromatic heterocycles. The molecule has 0 aliphatic heterocycles. The topological polar surface area (TPSA) is 60.2 Å². The Kier molecular flexibility index (Phi) is 4.77. The Balaban J connectivity index is 2.04. The molecular formula is C17H13NO3. The summed E-state index contributed by atoms with van der Waals surface area (Å²) >= 11 is 0. The van der Waals surface area contributed by atoms with Crippen LogP contribution in [0.15, 0.2) is 66.7 Å². The number of allylic oxidation sites excluding steroid dienone is 2. The third-order valence-electron chi connectivity index (χ3n) is 2.76. The van der Waals surface area contributed by atoms with Crippen LogP contribution in [-0.2, 0) is 4.79 Å². The number of nitro benzene ring substituents is 1. The fraction of sp³-hybridized carbons (Fsp3) is 0. The molecule has 0 fully saturated rings. The molecule has 0 unspecified atom stereocenters. The second-order valence-electron chi connectivity index (χ2n) is 4.33. The minimum Gasteiger partial charge on any atom is -0.290 e. The fourth-order valence-electron chi connectivity index (χ4n) is 1.72. The van der Waals surface area contributed by atoms with Crippen LogP contribution in [0.25, 0.3) is 12.2 Å². The van der Waals surface area contributed by atoms with Gasteiger partial charge in [0.1, 0.15) is 0 Å². The van der Waals surface area contributed by atoms with Gasteiger partial charge in [0.05, 0.1) is 4.92 Å². The highest BCUT2D eigenvalue weighted by molar-refractivity contribution is 6.04. The molecule has 0 heterocycles. The van der Waals surface area contributed by atoms with Crippen LogP contribution in [0.2, 0.25) is 0 Å². The van der Waals surface area contributed by atoms with Gasteiger partial charge in [-0.15, -0.1) is 0 Å². The lowest BCUT2D eigenvalue weighted by Crippen LogP contribution is -1.88. The number of nitro groups is 1. The first-order valence-corrected chi connectivity index (χ1v) is 6.35. The van der Waals surface area contributed by atoms with Crippen molar-refractivity contribution in [3.05, 3.63) is 88.0 Å². The number of ketones is 1. The fourth-order valence-corrected chi connectivity index (χ4v) is 1.72. The number of non-ortho nitro benzene ring substituents is 1. The molecule has 0 saturated heterocycles. The summed E-state index contributed by atoms with van der Waals surface area (Å²) in [5.41, 5.74) is 1.56. The quantitative estimate of drug-likeness (QED) is 0.474. The van der Waals surface area contributed by atoms with Gasteiger partial charge < -0.3 is 0 Å². The molecule has 0 spiro atoms. The van der Waals surface area contributed by atoms with E-state index >= 15 is 0 Å². The number of hydrogen-bond donors (Lipinski definition) is 0. The maximum Gasteiger partial charge on any atom is 0.270 e. The van der Waals surface area contributed by atoms with Crippen LogP contribution >= 0.6 is 0 Å². The standard InChI is InChI=1S/C17H13NO3/c19-17(11-9-14-5-2-1-3-6-14)12-10-15-7-4-8-16(13-15)18(20)21/h1-13H. The highest BCUT2D eigenvalue weighted by Crippen LogP contribution is 2.14. The SMILES string of the molecule is O=C(C=Cc1ccccc1)C=Cc1cccc([N+](=O)[O-])c1. The predicted octanol–water partition coefficient (Wildman–Crippen LogP) is 3.89. The molecule has 0 N–H and O–H groups in total. The summed E-state index contributed by atoms with van der Waals surface area (Å²) in [7, 11) is 0. The smallest absolute Gasteiger partial charge is 0.270 e. The molecule has 21 heavy (non-hydrogen) atoms. The Bertz CT molecular complexity index is 703. The van der Waals surface area contributed by atoms with Crippen LogP contribution in [0.1, 0.15) is 11.1 Å². The molecular weight excluding hydrogens is 266 g/mol. The Morgan fingerprint density at radius 3 is 2.19 bits per heavy atom. The van der Waals surface area contributed by atoms with Crippen molar-refractivity contribution in [3.63, 3.8) is 0 Å². The third kappa shape index (κ3) is 4.54. The van der Waals surface area contributed by atoms with E-state index in [9.17, 15) is 14.9 Å². The van der Waals surface area contributed by atoms with Gasteiger partial charge in [-0.05, 0) is 23.3 Å². The molecule has 2 aromatic rings. The largest absolute Gasteiger partial charge is 0.290 e. The Morgan fingerprint density at radius 2 is 1.52 bits per heavy atom. The molecule has 0 aliphatic carbocycles. The lowest BCUT2D eigenvalue weighted by Gasteiger charge is -1.93. The summed E-state index contributed by atoms with van der Waals surface area (Å²) in [6.07, 6.45) is 6.13. The van der Waals surface area contributed by atoms with Gasteiger partial charge in [-0.1, -0.05) is 54.6 Å². The van der Waals surface area contributed by atoms with E-state index in [1.165, 1.54) is 24.3 Å². The van der Waals surface area contributed by atoms with Crippen molar-refractivity contribution in [2.24, 2.45) is 0 Å². The molecule has 0 saturated carbocycles. The van der Waals surface area contributed by atoms with E-state index in [4.69, 9.17) is 0 Å². The molecule has 2 rings (SSSR count). The van der Waals surface area contributed by atoms with Crippen molar-refractivity contribution in [2.75, 3.05) is 0 Å². The molecule has 0 aliphatic rings. The van der Waals surface area contributed by atoms with Gasteiger partial charge in [0.25, 0.3) is 5.69 Å². The zero-order valence-corrected chi connectivity index (χ0v) is 11.2. The van der Waals surface area contributed by atoms with Gasteiger partial charge in [-0.2, -0.15) is 0 Å². The molecule has 0 bridgehead atoms. The first kappa shape index (κ1) is 14.4. The van der Waals surface area contributed by atoms with Crippen molar-refractivity contribution >= 4 is 23.6 Å². The van der Waals surface area contributed by atoms with Gasteiger partial charge in [-0.25, -0.2) is 0 Å². The van der Waals surface area contributed by atoms with Crippen LogP contribution in [0.3, 0.4) is 0 Å². The molecule has 0 amide bonds. The van der Waals surface area contributed by atoms with E-state index in [0.29, 0.717) is 5.56 Å². The Morgan fingerprint density at radius 1 is 0.905 bits per heavy atom. The Hall–Kier alpha value is -3.01. The van der Waals surface area contributed by atoms with Crippen LogP contribution < -0.4 is 0 Å². The molecule has 4 heteroatoms. The Labute approximate surface area is 122 Å². The highest BCUT2D eigenvalue weighted by Gasteiger charge is 2.03. The van der Waals surface area contributed by atoms with Crippen LogP contribution in [-0.4, -0.2) is 10.7 Å². The van der Waals surface area contributed by atoms with Crippen LogP contribution in [0.5, 0.6) is 0 Å². The molecule has 0 atom stereocenters. The van der Waals surface area contributed by atoms with E-state index in [-0.39, 0.29) is 11.5 Å². The summed E-state index contributed by atoms with van der Waals surface area (Å²) in [6.45, 7) is 0. The lowest BCUT2D eigenvalue weighted by atomic mass is 10.1. The summed E-state index contributed by atoms with van der Waals surface area (Å²) in [4.78, 5) is 21.9. The van der Waals surface area contributed by atoms with E-state index < -0.39 is 4.92 Å². The zero-order chi connectivity index (χ0) is 15.1. The van der Waals surface area contributed by atoms with Gasteiger partial charge >= 0.3 is 0 Å². The predicted molar refractivity (Wildman–Crippen MR) is 82.6 cm³/mol. The second-order valence-corrected chi connectivity index (χ2v) is 4.33.